The number of nitrogens with zero attached hydrogens (tertiary/aromatic N) is 6. The summed E-state index contributed by atoms with van der Waals surface area (Å²) in [6.45, 7) is 4.20. The van der Waals surface area contributed by atoms with Crippen LogP contribution in [0.2, 0.25) is 0 Å². The van der Waals surface area contributed by atoms with Crippen LogP contribution in [-0.4, -0.2) is 41.3 Å². The molecular formula is C21H19BrF2N8O4S. The van der Waals surface area contributed by atoms with Gasteiger partial charge in [0, 0.05) is 29.6 Å². The lowest BCUT2D eigenvalue weighted by atomic mass is 10.0. The molecule has 2 amide bonds. The van der Waals surface area contributed by atoms with E-state index in [1.54, 1.807) is 11.6 Å². The number of rotatable bonds is 9. The van der Waals surface area contributed by atoms with Crippen molar-refractivity contribution in [2.75, 3.05) is 5.32 Å². The molecule has 37 heavy (non-hydrogen) atoms. The van der Waals surface area contributed by atoms with Gasteiger partial charge in [-0.05, 0) is 46.3 Å². The number of hydrogen-bond donors (Lipinski definition) is 2. The molecule has 0 bridgehead atoms. The summed E-state index contributed by atoms with van der Waals surface area (Å²) in [6, 6.07) is 1.21. The minimum Gasteiger partial charge on any atom is -0.365 e. The van der Waals surface area contributed by atoms with E-state index in [0.29, 0.717) is 23.4 Å². The molecule has 0 radical (unpaired) electrons. The maximum Gasteiger partial charge on any atom is 0.404 e. The number of nitrogens with two attached hydrogens (primary N) is 1. The van der Waals surface area contributed by atoms with Crippen molar-refractivity contribution in [3.8, 4) is 11.1 Å². The van der Waals surface area contributed by atoms with Gasteiger partial charge >= 0.3 is 5.82 Å². The van der Waals surface area contributed by atoms with Crippen LogP contribution in [0.5, 0.6) is 0 Å². The molecule has 0 fully saturated rings. The fourth-order valence-corrected chi connectivity index (χ4v) is 5.28. The minimum atomic E-state index is -2.88. The predicted molar refractivity (Wildman–Crippen MR) is 135 cm³/mol. The number of primary amides is 1. The first kappa shape index (κ1) is 26.3. The van der Waals surface area contributed by atoms with Crippen molar-refractivity contribution in [3.63, 3.8) is 0 Å². The molecule has 194 valence electrons. The van der Waals surface area contributed by atoms with E-state index < -0.39 is 34.7 Å². The highest BCUT2D eigenvalue weighted by molar-refractivity contribution is 9.10. The number of hydrogen-bond acceptors (Lipinski definition) is 8. The number of pyridine rings is 1. The first-order valence-corrected chi connectivity index (χ1v) is 12.4. The number of amides is 2. The molecule has 4 aromatic heterocycles. The highest BCUT2D eigenvalue weighted by Gasteiger charge is 2.26. The Kier molecular flexibility index (Phi) is 7.31. The Morgan fingerprint density at radius 1 is 1.35 bits per heavy atom. The molecule has 4 rings (SSSR count). The second-order valence-electron chi connectivity index (χ2n) is 7.82. The van der Waals surface area contributed by atoms with Crippen molar-refractivity contribution < 1.29 is 23.3 Å². The molecule has 0 saturated carbocycles. The quantitative estimate of drug-likeness (QED) is 0.213. The predicted octanol–water partition coefficient (Wildman–Crippen LogP) is 4.42. The highest BCUT2D eigenvalue weighted by Crippen LogP contribution is 2.43. The van der Waals surface area contributed by atoms with Crippen LogP contribution in [0.25, 0.3) is 21.3 Å². The average Bonchev–Trinajstić information content (AvgIpc) is 3.51. The monoisotopic (exact) mass is 596 g/mol. The van der Waals surface area contributed by atoms with E-state index in [4.69, 9.17) is 5.73 Å². The van der Waals surface area contributed by atoms with Crippen molar-refractivity contribution in [1.29, 1.82) is 0 Å². The summed E-state index contributed by atoms with van der Waals surface area (Å²) >= 11 is 3.84. The van der Waals surface area contributed by atoms with E-state index >= 15 is 0 Å². The van der Waals surface area contributed by atoms with Gasteiger partial charge in [-0.2, -0.15) is 9.78 Å². The molecule has 12 nitrogen and oxygen atoms in total. The third-order valence-electron chi connectivity index (χ3n) is 5.53. The average molecular weight is 597 g/mol. The lowest BCUT2D eigenvalue weighted by Crippen LogP contribution is -2.18. The number of nitrogens with one attached hydrogen (secondary N) is 1. The van der Waals surface area contributed by atoms with E-state index in [1.165, 1.54) is 23.1 Å². The fraction of sp³-hybridized carbons (Fsp3) is 0.286. The molecule has 0 aliphatic rings. The minimum absolute atomic E-state index is 0.00470. The van der Waals surface area contributed by atoms with Gasteiger partial charge in [0.25, 0.3) is 12.3 Å². The zero-order chi connectivity index (χ0) is 27.0. The standard InChI is InChI=1S/C21H19BrF2N8O4S/c1-3-31-9(2)11(7-26-31)10-6-13(18(23)24)27-21-15(10)16(17(37-21)19(25)34)28-14(33)4-5-30-8-12(22)20(29-30)32(35)36/h6-8,18H,3-5H2,1-2H3,(H2,25,34)(H,28,33). The molecule has 3 N–H and O–H groups in total. The van der Waals surface area contributed by atoms with Crippen LogP contribution in [0.1, 0.15) is 40.8 Å². The maximum absolute atomic E-state index is 13.7. The molecule has 0 aliphatic carbocycles. The molecule has 0 atom stereocenters. The summed E-state index contributed by atoms with van der Waals surface area (Å²) in [6.07, 6.45) is -0.147. The third kappa shape index (κ3) is 5.06. The molecule has 0 aromatic carbocycles. The van der Waals surface area contributed by atoms with Crippen molar-refractivity contribution in [1.82, 2.24) is 24.5 Å². The van der Waals surface area contributed by atoms with Crippen LogP contribution in [0, 0.1) is 17.0 Å². The van der Waals surface area contributed by atoms with Crippen LogP contribution in [-0.2, 0) is 17.9 Å². The zero-order valence-corrected chi connectivity index (χ0v) is 21.8. The second-order valence-corrected chi connectivity index (χ2v) is 9.68. The molecule has 0 aliphatic heterocycles. The topological polar surface area (TPSA) is 164 Å². The van der Waals surface area contributed by atoms with Gasteiger partial charge in [-0.1, -0.05) is 0 Å². The Morgan fingerprint density at radius 2 is 2.08 bits per heavy atom. The van der Waals surface area contributed by atoms with Crippen LogP contribution in [0.15, 0.2) is 22.9 Å². The molecule has 0 saturated heterocycles. The van der Waals surface area contributed by atoms with Crippen LogP contribution < -0.4 is 11.1 Å². The highest BCUT2D eigenvalue weighted by atomic mass is 79.9. The molecule has 0 spiro atoms. The van der Waals surface area contributed by atoms with Gasteiger partial charge in [-0.3, -0.25) is 14.3 Å². The maximum atomic E-state index is 13.7. The lowest BCUT2D eigenvalue weighted by molar-refractivity contribution is -0.390. The van der Waals surface area contributed by atoms with E-state index in [0.717, 1.165) is 11.3 Å². The molecular weight excluding hydrogens is 578 g/mol. The number of nitro groups is 1. The number of carbonyl (C=O) groups excluding carboxylic acids is 2. The number of carbonyl (C=O) groups is 2. The number of alkyl halides is 2. The van der Waals surface area contributed by atoms with Crippen molar-refractivity contribution in [2.45, 2.75) is 39.8 Å². The van der Waals surface area contributed by atoms with Gasteiger partial charge in [-0.15, -0.1) is 11.3 Å². The summed E-state index contributed by atoms with van der Waals surface area (Å²) in [5.74, 6) is -1.81. The van der Waals surface area contributed by atoms with Gasteiger partial charge in [0.2, 0.25) is 5.91 Å². The fourth-order valence-electron chi connectivity index (χ4n) is 3.81. The number of thiophene rings is 1. The van der Waals surface area contributed by atoms with Gasteiger partial charge in [0.05, 0.1) is 29.7 Å². The first-order chi connectivity index (χ1) is 17.5. The number of aryl methyl sites for hydroxylation is 2. The van der Waals surface area contributed by atoms with Crippen molar-refractivity contribution >= 4 is 60.8 Å². The Bertz CT molecular complexity index is 1550. The van der Waals surface area contributed by atoms with E-state index in [1.807, 2.05) is 6.92 Å². The van der Waals surface area contributed by atoms with E-state index in [2.05, 4.69) is 36.4 Å². The Morgan fingerprint density at radius 3 is 2.65 bits per heavy atom. The Hall–Kier alpha value is -3.79. The van der Waals surface area contributed by atoms with Crippen LogP contribution in [0.3, 0.4) is 0 Å². The lowest BCUT2D eigenvalue weighted by Gasteiger charge is -2.11. The van der Waals surface area contributed by atoms with Gasteiger partial charge < -0.3 is 21.2 Å². The molecule has 16 heteroatoms. The number of anilines is 1. The number of aromatic nitrogens is 5. The largest absolute Gasteiger partial charge is 0.404 e. The SMILES string of the molecule is CCn1ncc(-c2cc(C(F)F)nc3sc(C(N)=O)c(NC(=O)CCn4cc(Br)c([N+](=O)[O-])n4)c23)c1C. The Labute approximate surface area is 219 Å². The molecule has 4 heterocycles. The smallest absolute Gasteiger partial charge is 0.365 e. The molecule has 0 unspecified atom stereocenters. The summed E-state index contributed by atoms with van der Waals surface area (Å²) < 4.78 is 30.4. The summed E-state index contributed by atoms with van der Waals surface area (Å²) in [5, 5.41) is 22.0. The number of fused-ring (bicyclic) bond motifs is 1. The summed E-state index contributed by atoms with van der Waals surface area (Å²) in [5.41, 5.74) is 6.67. The van der Waals surface area contributed by atoms with E-state index in [9.17, 15) is 28.5 Å². The van der Waals surface area contributed by atoms with Gasteiger partial charge in [0.15, 0.2) is 0 Å². The van der Waals surface area contributed by atoms with Crippen LogP contribution in [0.4, 0.5) is 20.3 Å². The number of halogens is 3. The third-order valence-corrected chi connectivity index (χ3v) is 7.18. The van der Waals surface area contributed by atoms with Gasteiger partial charge in [-0.25, -0.2) is 13.8 Å². The summed E-state index contributed by atoms with van der Waals surface area (Å²) in [7, 11) is 0. The second kappa shape index (κ2) is 10.3. The zero-order valence-electron chi connectivity index (χ0n) is 19.4. The first-order valence-electron chi connectivity index (χ1n) is 10.8. The van der Waals surface area contributed by atoms with Crippen LogP contribution >= 0.6 is 27.3 Å². The molecule has 4 aromatic rings. The normalized spacial score (nSPS) is 11.4. The van der Waals surface area contributed by atoms with E-state index in [-0.39, 0.29) is 38.2 Å². The van der Waals surface area contributed by atoms with Crippen molar-refractivity contribution in [2.24, 2.45) is 5.73 Å². The van der Waals surface area contributed by atoms with Gasteiger partial charge in [0.1, 0.15) is 19.9 Å². The summed E-state index contributed by atoms with van der Waals surface area (Å²) in [4.78, 5) is 39.5. The Balaban J connectivity index is 1.76. The van der Waals surface area contributed by atoms with Crippen molar-refractivity contribution in [3.05, 3.63) is 49.3 Å².